The molecule has 0 amide bonds. The third-order valence-electron chi connectivity index (χ3n) is 1.56. The molecule has 0 unspecified atom stereocenters. The molecule has 12 heavy (non-hydrogen) atoms. The summed E-state index contributed by atoms with van der Waals surface area (Å²) in [6, 6.07) is 0. The smallest absolute Gasteiger partial charge is 0.266 e. The topological polar surface area (TPSA) is 52.5 Å². The van der Waals surface area contributed by atoms with Gasteiger partial charge in [0.05, 0.1) is 6.10 Å². The van der Waals surface area contributed by atoms with Crippen molar-refractivity contribution in [2.45, 2.75) is 31.5 Å². The summed E-state index contributed by atoms with van der Waals surface area (Å²) < 4.78 is 24.1. The maximum atomic E-state index is 12.0. The molecule has 0 aromatic heterocycles. The van der Waals surface area contributed by atoms with E-state index in [0.717, 1.165) is 6.92 Å². The van der Waals surface area contributed by atoms with Crippen LogP contribution >= 0.6 is 0 Å². The fourth-order valence-corrected chi connectivity index (χ4v) is 0.874. The summed E-state index contributed by atoms with van der Waals surface area (Å²) in [6.45, 7) is 1.21. The van der Waals surface area contributed by atoms with Crippen molar-refractivity contribution in [3.63, 3.8) is 0 Å². The van der Waals surface area contributed by atoms with Crippen LogP contribution in [-0.4, -0.2) is 41.9 Å². The van der Waals surface area contributed by atoms with Gasteiger partial charge in [0, 0.05) is 13.0 Å². The Hall–Kier alpha value is -0.260. The highest BCUT2D eigenvalue weighted by Gasteiger charge is 2.34. The number of halogens is 2. The standard InChI is InChI=1S/C7H15F2NO2/c1-7(12,6(8)9)3-5(11)4-10-2/h5-6,10-12H,3-4H2,1-2H3/t5-,7-/m1/s1. The maximum absolute atomic E-state index is 12.0. The molecule has 0 aliphatic heterocycles. The lowest BCUT2D eigenvalue weighted by Gasteiger charge is -2.24. The molecule has 3 nitrogen and oxygen atoms in total. The van der Waals surface area contributed by atoms with E-state index in [1.54, 1.807) is 7.05 Å². The average molecular weight is 183 g/mol. The van der Waals surface area contributed by atoms with Crippen LogP contribution in [0.3, 0.4) is 0 Å². The molecule has 0 radical (unpaired) electrons. The molecule has 0 spiro atoms. The van der Waals surface area contributed by atoms with Gasteiger partial charge in [0.15, 0.2) is 0 Å². The first-order valence-corrected chi connectivity index (χ1v) is 3.73. The molecule has 0 rings (SSSR count). The molecule has 5 heteroatoms. The quantitative estimate of drug-likeness (QED) is 0.561. The summed E-state index contributed by atoms with van der Waals surface area (Å²) in [7, 11) is 1.60. The van der Waals surface area contributed by atoms with Gasteiger partial charge in [0.1, 0.15) is 5.60 Å². The van der Waals surface area contributed by atoms with Crippen LogP contribution < -0.4 is 5.32 Å². The molecule has 0 aromatic carbocycles. The van der Waals surface area contributed by atoms with Gasteiger partial charge in [0.25, 0.3) is 6.43 Å². The predicted octanol–water partition coefficient (Wildman–Crippen LogP) is -0.0271. The van der Waals surface area contributed by atoms with Crippen LogP contribution in [0.25, 0.3) is 0 Å². The molecule has 0 saturated heterocycles. The third-order valence-corrected chi connectivity index (χ3v) is 1.56. The van der Waals surface area contributed by atoms with Gasteiger partial charge in [-0.3, -0.25) is 0 Å². The van der Waals surface area contributed by atoms with E-state index in [2.05, 4.69) is 5.32 Å². The molecule has 2 atom stereocenters. The molecule has 3 N–H and O–H groups in total. The van der Waals surface area contributed by atoms with Crippen molar-refractivity contribution in [1.29, 1.82) is 0 Å². The van der Waals surface area contributed by atoms with Gasteiger partial charge in [-0.05, 0) is 14.0 Å². The highest BCUT2D eigenvalue weighted by Crippen LogP contribution is 2.20. The Kier molecular flexibility index (Phi) is 4.59. The van der Waals surface area contributed by atoms with Gasteiger partial charge < -0.3 is 15.5 Å². The summed E-state index contributed by atoms with van der Waals surface area (Å²) in [6.07, 6.45) is -4.10. The number of alkyl halides is 2. The number of aliphatic hydroxyl groups is 2. The van der Waals surface area contributed by atoms with Gasteiger partial charge >= 0.3 is 0 Å². The minimum atomic E-state index is -2.83. The van der Waals surface area contributed by atoms with Crippen LogP contribution in [-0.2, 0) is 0 Å². The largest absolute Gasteiger partial charge is 0.392 e. The van der Waals surface area contributed by atoms with Crippen LogP contribution in [0.4, 0.5) is 8.78 Å². The second kappa shape index (κ2) is 4.69. The summed E-state index contributed by atoms with van der Waals surface area (Å²) in [5.74, 6) is 0. The average Bonchev–Trinajstić information content (AvgIpc) is 1.85. The lowest BCUT2D eigenvalue weighted by Crippen LogP contribution is -2.40. The van der Waals surface area contributed by atoms with Crippen molar-refractivity contribution < 1.29 is 19.0 Å². The van der Waals surface area contributed by atoms with Crippen LogP contribution in [0.5, 0.6) is 0 Å². The van der Waals surface area contributed by atoms with Gasteiger partial charge in [-0.2, -0.15) is 0 Å². The first-order chi connectivity index (χ1) is 5.40. The fraction of sp³-hybridized carbons (Fsp3) is 1.00. The highest BCUT2D eigenvalue weighted by atomic mass is 19.3. The Bertz CT molecular complexity index is 131. The number of hydrogen-bond donors (Lipinski definition) is 3. The van der Waals surface area contributed by atoms with Crippen molar-refractivity contribution in [3.8, 4) is 0 Å². The summed E-state index contributed by atoms with van der Waals surface area (Å²) in [5.41, 5.74) is -2.10. The Morgan fingerprint density at radius 2 is 2.00 bits per heavy atom. The van der Waals surface area contributed by atoms with E-state index >= 15 is 0 Å². The molecule has 0 aliphatic carbocycles. The predicted molar refractivity (Wildman–Crippen MR) is 41.2 cm³/mol. The lowest BCUT2D eigenvalue weighted by atomic mass is 9.99. The molecule has 0 aliphatic rings. The van der Waals surface area contributed by atoms with E-state index in [4.69, 9.17) is 10.2 Å². The normalized spacial score (nSPS) is 19.2. The minimum Gasteiger partial charge on any atom is -0.392 e. The summed E-state index contributed by atoms with van der Waals surface area (Å²) in [4.78, 5) is 0. The van der Waals surface area contributed by atoms with E-state index < -0.39 is 18.1 Å². The molecule has 0 fully saturated rings. The van der Waals surface area contributed by atoms with Crippen molar-refractivity contribution in [2.75, 3.05) is 13.6 Å². The van der Waals surface area contributed by atoms with E-state index in [9.17, 15) is 8.78 Å². The Morgan fingerprint density at radius 3 is 2.33 bits per heavy atom. The van der Waals surface area contributed by atoms with Crippen LogP contribution in [0.15, 0.2) is 0 Å². The van der Waals surface area contributed by atoms with Crippen molar-refractivity contribution in [2.24, 2.45) is 0 Å². The van der Waals surface area contributed by atoms with E-state index in [1.165, 1.54) is 0 Å². The van der Waals surface area contributed by atoms with Crippen LogP contribution in [0, 0.1) is 0 Å². The van der Waals surface area contributed by atoms with Gasteiger partial charge in [0.2, 0.25) is 0 Å². The van der Waals surface area contributed by atoms with Crippen molar-refractivity contribution in [3.05, 3.63) is 0 Å². The van der Waals surface area contributed by atoms with E-state index in [-0.39, 0.29) is 13.0 Å². The third kappa shape index (κ3) is 3.94. The molecular formula is C7H15F2NO2. The first kappa shape index (κ1) is 11.7. The zero-order valence-electron chi connectivity index (χ0n) is 7.22. The first-order valence-electron chi connectivity index (χ1n) is 3.73. The SMILES string of the molecule is CNC[C@H](O)C[C@@](C)(O)C(F)F. The van der Waals surface area contributed by atoms with Gasteiger partial charge in [-0.25, -0.2) is 8.78 Å². The zero-order valence-corrected chi connectivity index (χ0v) is 7.22. The number of nitrogens with one attached hydrogen (secondary N) is 1. The van der Waals surface area contributed by atoms with Crippen molar-refractivity contribution in [1.82, 2.24) is 5.32 Å². The Morgan fingerprint density at radius 1 is 1.50 bits per heavy atom. The second-order valence-electron chi connectivity index (χ2n) is 3.07. The number of likely N-dealkylation sites (N-methyl/N-ethyl adjacent to an activating group) is 1. The number of hydrogen-bond acceptors (Lipinski definition) is 3. The molecule has 0 heterocycles. The van der Waals surface area contributed by atoms with Gasteiger partial charge in [-0.1, -0.05) is 0 Å². The number of rotatable bonds is 5. The van der Waals surface area contributed by atoms with E-state index in [0.29, 0.717) is 0 Å². The minimum absolute atomic E-state index is 0.197. The zero-order chi connectivity index (χ0) is 9.78. The second-order valence-corrected chi connectivity index (χ2v) is 3.07. The van der Waals surface area contributed by atoms with Crippen molar-refractivity contribution >= 4 is 0 Å². The molecule has 0 bridgehead atoms. The lowest BCUT2D eigenvalue weighted by molar-refractivity contribution is -0.105. The molecule has 0 aromatic rings. The summed E-state index contributed by atoms with van der Waals surface area (Å²) >= 11 is 0. The van der Waals surface area contributed by atoms with Crippen LogP contribution in [0.1, 0.15) is 13.3 Å². The number of aliphatic hydroxyl groups excluding tert-OH is 1. The monoisotopic (exact) mass is 183 g/mol. The Balaban J connectivity index is 3.88. The van der Waals surface area contributed by atoms with Crippen LogP contribution in [0.2, 0.25) is 0 Å². The van der Waals surface area contributed by atoms with Gasteiger partial charge in [-0.15, -0.1) is 0 Å². The summed E-state index contributed by atoms with van der Waals surface area (Å²) in [5, 5.41) is 20.8. The fourth-order valence-electron chi connectivity index (χ4n) is 0.874. The molecule has 74 valence electrons. The van der Waals surface area contributed by atoms with E-state index in [1.807, 2.05) is 0 Å². The highest BCUT2D eigenvalue weighted by molar-refractivity contribution is 4.79. The molecular weight excluding hydrogens is 168 g/mol. The molecule has 0 saturated carbocycles. The Labute approximate surface area is 70.4 Å². The maximum Gasteiger partial charge on any atom is 0.266 e.